The maximum absolute atomic E-state index is 12.6. The molecule has 0 saturated heterocycles. The number of rotatable bonds is 10. The van der Waals surface area contributed by atoms with E-state index in [1.165, 1.54) is 21.3 Å². The first-order chi connectivity index (χ1) is 18.5. The number of hydrogen-bond acceptors (Lipinski definition) is 9. The molecule has 0 atom stereocenters. The summed E-state index contributed by atoms with van der Waals surface area (Å²) >= 11 is 1.16. The van der Waals surface area contributed by atoms with Crippen LogP contribution in [0.3, 0.4) is 0 Å². The van der Waals surface area contributed by atoms with Crippen LogP contribution < -0.4 is 24.2 Å². The van der Waals surface area contributed by atoms with Gasteiger partial charge in [-0.05, 0) is 30.7 Å². The second-order valence-corrected chi connectivity index (χ2v) is 8.85. The highest BCUT2D eigenvalue weighted by Gasteiger charge is 2.21. The Kier molecular flexibility index (Phi) is 8.45. The van der Waals surface area contributed by atoms with Gasteiger partial charge in [0, 0.05) is 11.1 Å². The molecule has 1 N–H and O–H groups in total. The maximum Gasteiger partial charge on any atom is 0.302 e. The average Bonchev–Trinajstić information content (AvgIpc) is 3.42. The number of ether oxygens (including phenoxy) is 3. The molecule has 1 amide bonds. The molecule has 0 aliphatic heterocycles. The summed E-state index contributed by atoms with van der Waals surface area (Å²) in [6.45, 7) is 2.52. The second-order valence-electron chi connectivity index (χ2n) is 7.89. The number of carbonyl (C=O) groups is 1. The molecule has 2 heterocycles. The number of nitrogens with one attached hydrogen (secondary N) is 1. The summed E-state index contributed by atoms with van der Waals surface area (Å²) in [5, 5.41) is 17.1. The number of methoxy groups -OCH3 is 3. The van der Waals surface area contributed by atoms with Gasteiger partial charge in [0.1, 0.15) is 11.1 Å². The number of aryl methyl sites for hydroxylation is 1. The average molecular weight is 533 g/mol. The Labute approximate surface area is 224 Å². The molecule has 4 rings (SSSR count). The zero-order valence-corrected chi connectivity index (χ0v) is 22.2. The first kappa shape index (κ1) is 26.5. The van der Waals surface area contributed by atoms with E-state index in [-0.39, 0.29) is 17.5 Å². The van der Waals surface area contributed by atoms with Gasteiger partial charge < -0.3 is 14.2 Å². The van der Waals surface area contributed by atoms with Gasteiger partial charge >= 0.3 is 5.88 Å². The minimum Gasteiger partial charge on any atom is -0.493 e. The second kappa shape index (κ2) is 12.1. The van der Waals surface area contributed by atoms with Crippen LogP contribution >= 0.6 is 11.8 Å². The number of hydrogen-bond donors (Lipinski definition) is 1. The predicted octanol–water partition coefficient (Wildman–Crippen LogP) is 4.34. The zero-order chi connectivity index (χ0) is 27.1. The van der Waals surface area contributed by atoms with E-state index < -0.39 is 0 Å². The van der Waals surface area contributed by atoms with E-state index in [0.717, 1.165) is 17.3 Å². The third-order valence-corrected chi connectivity index (χ3v) is 6.56. The van der Waals surface area contributed by atoms with Crippen LogP contribution in [0.15, 0.2) is 64.3 Å². The van der Waals surface area contributed by atoms with Crippen LogP contribution in [0.4, 0.5) is 5.88 Å². The molecular weight excluding hydrogens is 506 g/mol. The smallest absolute Gasteiger partial charge is 0.302 e. The number of amides is 1. The summed E-state index contributed by atoms with van der Waals surface area (Å²) in [5.74, 6) is 1.27. The van der Waals surface area contributed by atoms with Crippen molar-refractivity contribution >= 4 is 23.6 Å². The number of pyridine rings is 1. The Morgan fingerprint density at radius 2 is 1.79 bits per heavy atom. The molecule has 2 aromatic carbocycles. The molecule has 0 bridgehead atoms. The lowest BCUT2D eigenvalue weighted by Crippen LogP contribution is -2.32. The van der Waals surface area contributed by atoms with Crippen LogP contribution in [0, 0.1) is 11.3 Å². The Hall–Kier alpha value is -4.56. The topological polar surface area (TPSA) is 123 Å². The van der Waals surface area contributed by atoms with Crippen molar-refractivity contribution in [2.24, 2.45) is 0 Å². The van der Waals surface area contributed by atoms with Crippen LogP contribution in [-0.4, -0.2) is 43.2 Å². The minimum atomic E-state index is -0.320. The third-order valence-electron chi connectivity index (χ3n) is 5.58. The van der Waals surface area contributed by atoms with Gasteiger partial charge in [-0.1, -0.05) is 46.8 Å². The molecule has 0 saturated carbocycles. The van der Waals surface area contributed by atoms with E-state index in [1.807, 2.05) is 43.3 Å². The third kappa shape index (κ3) is 5.71. The largest absolute Gasteiger partial charge is 0.493 e. The molecule has 38 heavy (non-hydrogen) atoms. The van der Waals surface area contributed by atoms with Crippen molar-refractivity contribution < 1.29 is 28.2 Å². The fourth-order valence-corrected chi connectivity index (χ4v) is 4.55. The molecule has 0 aliphatic carbocycles. The lowest BCUT2D eigenvalue weighted by molar-refractivity contribution is -0.759. The van der Waals surface area contributed by atoms with Gasteiger partial charge in [-0.3, -0.25) is 14.6 Å². The highest BCUT2D eigenvalue weighted by Crippen LogP contribution is 2.43. The van der Waals surface area contributed by atoms with Crippen molar-refractivity contribution in [1.82, 2.24) is 10.3 Å². The number of nitriles is 1. The molecule has 0 fully saturated rings. The molecule has 0 spiro atoms. The Bertz CT molecular complexity index is 1460. The quantitative estimate of drug-likeness (QED) is 0.235. The van der Waals surface area contributed by atoms with Gasteiger partial charge in [-0.25, -0.2) is 4.98 Å². The Balaban J connectivity index is 1.76. The predicted molar refractivity (Wildman–Crippen MR) is 141 cm³/mol. The highest BCUT2D eigenvalue weighted by atomic mass is 32.2. The molecule has 10 nitrogen and oxygen atoms in total. The van der Waals surface area contributed by atoms with Crippen molar-refractivity contribution in [2.45, 2.75) is 18.5 Å². The van der Waals surface area contributed by atoms with E-state index >= 15 is 0 Å². The van der Waals surface area contributed by atoms with E-state index in [9.17, 15) is 10.1 Å². The Morgan fingerprint density at radius 1 is 1.08 bits per heavy atom. The van der Waals surface area contributed by atoms with Gasteiger partial charge in [0.05, 0.1) is 38.3 Å². The first-order valence-electron chi connectivity index (χ1n) is 11.6. The fraction of sp³-hybridized carbons (Fsp3) is 0.222. The summed E-state index contributed by atoms with van der Waals surface area (Å²) in [6.07, 6.45) is 1.60. The Morgan fingerprint density at radius 3 is 2.37 bits per heavy atom. The molecule has 0 unspecified atom stereocenters. The maximum atomic E-state index is 12.6. The van der Waals surface area contributed by atoms with Crippen molar-refractivity contribution in [3.05, 3.63) is 60.3 Å². The summed E-state index contributed by atoms with van der Waals surface area (Å²) in [5.41, 5.74) is 3.12. The van der Waals surface area contributed by atoms with Crippen molar-refractivity contribution in [2.75, 3.05) is 32.4 Å². The van der Waals surface area contributed by atoms with Crippen LogP contribution in [0.2, 0.25) is 0 Å². The van der Waals surface area contributed by atoms with Crippen molar-refractivity contribution in [3.8, 4) is 45.7 Å². The van der Waals surface area contributed by atoms with E-state index in [4.69, 9.17) is 23.7 Å². The number of nitrogens with zero attached hydrogens (tertiary/aromatic N) is 4. The van der Waals surface area contributed by atoms with Gasteiger partial charge in [-0.15, -0.1) is 0 Å². The van der Waals surface area contributed by atoms with Crippen LogP contribution in [0.1, 0.15) is 12.5 Å². The standard InChI is InChI=1S/C27H25N5O5S/c1-5-32-15-25(37-31-32)30-24(33)16-38-27-20(14-28)19(13-21(29-27)17-9-7-6-8-10-17)18-11-22(34-2)26(36-4)23(12-18)35-3/h6-13,15H,5,16H2,1-4H3/p+1. The van der Waals surface area contributed by atoms with Gasteiger partial charge in [-0.2, -0.15) is 5.26 Å². The molecule has 11 heteroatoms. The number of aromatic nitrogens is 3. The minimum absolute atomic E-state index is 0.00143. The van der Waals surface area contributed by atoms with Gasteiger partial charge in [0.15, 0.2) is 18.0 Å². The summed E-state index contributed by atoms with van der Waals surface area (Å²) in [6, 6.07) is 17.3. The van der Waals surface area contributed by atoms with Gasteiger partial charge in [0.25, 0.3) is 6.20 Å². The zero-order valence-electron chi connectivity index (χ0n) is 21.3. The van der Waals surface area contributed by atoms with E-state index in [2.05, 4.69) is 16.7 Å². The summed E-state index contributed by atoms with van der Waals surface area (Å²) < 4.78 is 23.2. The molecule has 0 aliphatic rings. The van der Waals surface area contributed by atoms with E-state index in [1.54, 1.807) is 23.0 Å². The normalized spacial score (nSPS) is 10.5. The summed E-state index contributed by atoms with van der Waals surface area (Å²) in [4.78, 5) is 17.4. The molecular formula is C27H26N5O5S+. The van der Waals surface area contributed by atoms with Crippen LogP contribution in [-0.2, 0) is 11.3 Å². The fourth-order valence-electron chi connectivity index (χ4n) is 3.75. The number of thioether (sulfide) groups is 1. The van der Waals surface area contributed by atoms with Crippen LogP contribution in [0.5, 0.6) is 17.2 Å². The van der Waals surface area contributed by atoms with Crippen molar-refractivity contribution in [3.63, 3.8) is 0 Å². The SMILES string of the molecule is CC[n+]1cc(NC(=O)CSc2nc(-c3ccccc3)cc(-c3cc(OC)c(OC)c(OC)c3)c2C#N)on1. The van der Waals surface area contributed by atoms with E-state index in [0.29, 0.717) is 51.2 Å². The molecule has 4 aromatic rings. The van der Waals surface area contributed by atoms with Crippen LogP contribution in [0.25, 0.3) is 22.4 Å². The number of anilines is 1. The lowest BCUT2D eigenvalue weighted by Gasteiger charge is -2.16. The lowest BCUT2D eigenvalue weighted by atomic mass is 9.98. The number of benzene rings is 2. The van der Waals surface area contributed by atoms with Crippen molar-refractivity contribution in [1.29, 1.82) is 5.26 Å². The van der Waals surface area contributed by atoms with Gasteiger partial charge in [0.2, 0.25) is 16.9 Å². The highest BCUT2D eigenvalue weighted by molar-refractivity contribution is 8.00. The molecule has 194 valence electrons. The first-order valence-corrected chi connectivity index (χ1v) is 12.6. The number of carbonyl (C=O) groups excluding carboxylic acids is 1. The molecule has 2 aromatic heterocycles. The summed E-state index contributed by atoms with van der Waals surface area (Å²) in [7, 11) is 4.59. The molecule has 0 radical (unpaired) electrons. The monoisotopic (exact) mass is 532 g/mol.